The van der Waals surface area contributed by atoms with E-state index in [2.05, 4.69) is 0 Å². The maximum Gasteiger partial charge on any atom is 0.237 e. The maximum atomic E-state index is 11.4. The number of carbonyl (C=O) groups excluding carboxylic acids is 1. The standard InChI is InChI=1S/C9H20N2O3S/c1-3-4-6-11(2)9(12)8-15(13,14)7-5-10/h3-8,10H2,1-2H3. The number of amides is 1. The number of nitrogens with two attached hydrogens (primary N) is 1. The van der Waals surface area contributed by atoms with Crippen molar-refractivity contribution < 1.29 is 13.2 Å². The number of sulfone groups is 1. The molecule has 0 unspecified atom stereocenters. The zero-order valence-electron chi connectivity index (χ0n) is 9.40. The highest BCUT2D eigenvalue weighted by Gasteiger charge is 2.18. The van der Waals surface area contributed by atoms with E-state index < -0.39 is 15.6 Å². The molecule has 2 N–H and O–H groups in total. The van der Waals surface area contributed by atoms with Crippen LogP contribution in [0.3, 0.4) is 0 Å². The molecule has 0 bridgehead atoms. The summed E-state index contributed by atoms with van der Waals surface area (Å²) in [5, 5.41) is 0. The van der Waals surface area contributed by atoms with Gasteiger partial charge in [0.1, 0.15) is 5.75 Å². The van der Waals surface area contributed by atoms with Crippen LogP contribution >= 0.6 is 0 Å². The first kappa shape index (κ1) is 14.4. The van der Waals surface area contributed by atoms with Gasteiger partial charge in [-0.2, -0.15) is 0 Å². The van der Waals surface area contributed by atoms with Gasteiger partial charge in [0, 0.05) is 20.1 Å². The lowest BCUT2D eigenvalue weighted by molar-refractivity contribution is -0.127. The molecule has 6 heteroatoms. The molecule has 1 amide bonds. The van der Waals surface area contributed by atoms with Crippen molar-refractivity contribution in [1.82, 2.24) is 4.90 Å². The average molecular weight is 236 g/mol. The molecule has 0 spiro atoms. The molecule has 0 aliphatic heterocycles. The Morgan fingerprint density at radius 3 is 2.47 bits per heavy atom. The summed E-state index contributed by atoms with van der Waals surface area (Å²) in [7, 11) is -1.70. The van der Waals surface area contributed by atoms with Crippen LogP contribution in [0.1, 0.15) is 19.8 Å². The maximum absolute atomic E-state index is 11.4. The first-order valence-electron chi connectivity index (χ1n) is 5.07. The highest BCUT2D eigenvalue weighted by molar-refractivity contribution is 7.92. The Morgan fingerprint density at radius 1 is 1.40 bits per heavy atom. The van der Waals surface area contributed by atoms with Gasteiger partial charge in [0.25, 0.3) is 0 Å². The van der Waals surface area contributed by atoms with Crippen LogP contribution in [-0.2, 0) is 14.6 Å². The van der Waals surface area contributed by atoms with Crippen LogP contribution in [0.4, 0.5) is 0 Å². The van der Waals surface area contributed by atoms with Gasteiger partial charge in [0.2, 0.25) is 5.91 Å². The third-order valence-corrected chi connectivity index (χ3v) is 3.59. The summed E-state index contributed by atoms with van der Waals surface area (Å²) in [4.78, 5) is 12.9. The monoisotopic (exact) mass is 236 g/mol. The summed E-state index contributed by atoms with van der Waals surface area (Å²) in [5.74, 6) is -0.901. The Labute approximate surface area is 91.5 Å². The fourth-order valence-electron chi connectivity index (χ4n) is 1.07. The molecule has 0 saturated carbocycles. The van der Waals surface area contributed by atoms with Crippen molar-refractivity contribution in [3.63, 3.8) is 0 Å². The molecule has 0 aromatic carbocycles. The molecule has 90 valence electrons. The minimum Gasteiger partial charge on any atom is -0.345 e. The summed E-state index contributed by atoms with van der Waals surface area (Å²) in [6, 6.07) is 0. The number of hydrogen-bond acceptors (Lipinski definition) is 4. The zero-order chi connectivity index (χ0) is 11.9. The van der Waals surface area contributed by atoms with Gasteiger partial charge in [0.05, 0.1) is 5.75 Å². The first-order chi connectivity index (χ1) is 6.93. The predicted octanol–water partition coefficient (Wildman–Crippen LogP) is -0.382. The van der Waals surface area contributed by atoms with Crippen LogP contribution in [0.5, 0.6) is 0 Å². The fourth-order valence-corrected chi connectivity index (χ4v) is 2.17. The summed E-state index contributed by atoms with van der Waals surface area (Å²) >= 11 is 0. The molecule has 0 aliphatic carbocycles. The van der Waals surface area contributed by atoms with Gasteiger partial charge in [-0.15, -0.1) is 0 Å². The van der Waals surface area contributed by atoms with Crippen molar-refractivity contribution in [2.45, 2.75) is 19.8 Å². The number of hydrogen-bond donors (Lipinski definition) is 1. The normalized spacial score (nSPS) is 11.4. The lowest BCUT2D eigenvalue weighted by Gasteiger charge is -2.16. The van der Waals surface area contributed by atoms with Gasteiger partial charge in [-0.3, -0.25) is 4.79 Å². The second kappa shape index (κ2) is 6.79. The van der Waals surface area contributed by atoms with E-state index in [4.69, 9.17) is 5.73 Å². The highest BCUT2D eigenvalue weighted by atomic mass is 32.2. The van der Waals surface area contributed by atoms with Gasteiger partial charge >= 0.3 is 0 Å². The van der Waals surface area contributed by atoms with Crippen molar-refractivity contribution in [2.75, 3.05) is 31.6 Å². The molecular formula is C9H20N2O3S. The Kier molecular flexibility index (Phi) is 6.51. The van der Waals surface area contributed by atoms with Gasteiger partial charge in [-0.25, -0.2) is 8.42 Å². The molecular weight excluding hydrogens is 216 g/mol. The van der Waals surface area contributed by atoms with Crippen molar-refractivity contribution >= 4 is 15.7 Å². The van der Waals surface area contributed by atoms with Crippen LogP contribution in [0, 0.1) is 0 Å². The Hall–Kier alpha value is -0.620. The van der Waals surface area contributed by atoms with Crippen molar-refractivity contribution in [1.29, 1.82) is 0 Å². The molecule has 0 aromatic rings. The predicted molar refractivity (Wildman–Crippen MR) is 60.3 cm³/mol. The molecule has 0 fully saturated rings. The fraction of sp³-hybridized carbons (Fsp3) is 0.889. The minimum atomic E-state index is -3.32. The van der Waals surface area contributed by atoms with Crippen LogP contribution < -0.4 is 5.73 Å². The Morgan fingerprint density at radius 2 is 2.00 bits per heavy atom. The Bertz CT molecular complexity index is 288. The minimum absolute atomic E-state index is 0.0638. The van der Waals surface area contributed by atoms with E-state index in [0.29, 0.717) is 6.54 Å². The summed E-state index contributed by atoms with van der Waals surface area (Å²) in [5.41, 5.74) is 5.14. The number of rotatable bonds is 7. The van der Waals surface area contributed by atoms with E-state index in [1.807, 2.05) is 6.92 Å². The van der Waals surface area contributed by atoms with Crippen LogP contribution in [-0.4, -0.2) is 50.9 Å². The van der Waals surface area contributed by atoms with Crippen LogP contribution in [0.25, 0.3) is 0 Å². The van der Waals surface area contributed by atoms with Gasteiger partial charge in [-0.05, 0) is 6.42 Å². The second-order valence-electron chi connectivity index (χ2n) is 3.55. The van der Waals surface area contributed by atoms with Gasteiger partial charge < -0.3 is 10.6 Å². The molecule has 15 heavy (non-hydrogen) atoms. The van der Waals surface area contributed by atoms with E-state index in [9.17, 15) is 13.2 Å². The largest absolute Gasteiger partial charge is 0.345 e. The van der Waals surface area contributed by atoms with Crippen molar-refractivity contribution in [3.8, 4) is 0 Å². The third kappa shape index (κ3) is 6.46. The molecule has 0 saturated heterocycles. The number of nitrogens with zero attached hydrogens (tertiary/aromatic N) is 1. The number of unbranched alkanes of at least 4 members (excludes halogenated alkanes) is 1. The van der Waals surface area contributed by atoms with Crippen LogP contribution in [0.15, 0.2) is 0 Å². The van der Waals surface area contributed by atoms with E-state index >= 15 is 0 Å². The summed E-state index contributed by atoms with van der Waals surface area (Å²) in [6.45, 7) is 2.69. The van der Waals surface area contributed by atoms with Crippen molar-refractivity contribution in [2.24, 2.45) is 5.73 Å². The molecule has 0 atom stereocenters. The molecule has 5 nitrogen and oxygen atoms in total. The van der Waals surface area contributed by atoms with Crippen LogP contribution in [0.2, 0.25) is 0 Å². The molecule has 0 aliphatic rings. The quantitative estimate of drug-likeness (QED) is 0.653. The zero-order valence-corrected chi connectivity index (χ0v) is 10.2. The summed E-state index contributed by atoms with van der Waals surface area (Å²) < 4.78 is 22.6. The summed E-state index contributed by atoms with van der Waals surface area (Å²) in [6.07, 6.45) is 1.87. The SMILES string of the molecule is CCCCN(C)C(=O)CS(=O)(=O)CCN. The third-order valence-electron chi connectivity index (χ3n) is 2.05. The van der Waals surface area contributed by atoms with Crippen molar-refractivity contribution in [3.05, 3.63) is 0 Å². The van der Waals surface area contributed by atoms with Gasteiger partial charge in [-0.1, -0.05) is 13.3 Å². The smallest absolute Gasteiger partial charge is 0.237 e. The molecule has 0 aromatic heterocycles. The molecule has 0 heterocycles. The molecule has 0 radical (unpaired) electrons. The first-order valence-corrected chi connectivity index (χ1v) is 6.89. The van der Waals surface area contributed by atoms with E-state index in [1.54, 1.807) is 7.05 Å². The lowest BCUT2D eigenvalue weighted by Crippen LogP contribution is -2.34. The Balaban J connectivity index is 4.12. The highest BCUT2D eigenvalue weighted by Crippen LogP contribution is 1.96. The van der Waals surface area contributed by atoms with Gasteiger partial charge in [0.15, 0.2) is 9.84 Å². The topological polar surface area (TPSA) is 80.5 Å². The second-order valence-corrected chi connectivity index (χ2v) is 5.73. The van der Waals surface area contributed by atoms with E-state index in [1.165, 1.54) is 4.90 Å². The average Bonchev–Trinajstić information content (AvgIpc) is 2.13. The lowest BCUT2D eigenvalue weighted by atomic mass is 10.3. The molecule has 0 rings (SSSR count). The number of carbonyl (C=O) groups is 1. The van der Waals surface area contributed by atoms with E-state index in [0.717, 1.165) is 12.8 Å². The van der Waals surface area contributed by atoms with E-state index in [-0.39, 0.29) is 18.2 Å².